The van der Waals surface area contributed by atoms with Gasteiger partial charge >= 0.3 is 6.09 Å². The van der Waals surface area contributed by atoms with Crippen LogP contribution in [0.4, 0.5) is 4.79 Å². The van der Waals surface area contributed by atoms with Crippen LogP contribution in [0.5, 0.6) is 0 Å². The maximum absolute atomic E-state index is 11.1. The molecule has 0 radical (unpaired) electrons. The molecule has 0 aliphatic carbocycles. The SMILES string of the molecule is CCCCOC(=O)NCn1cccc1. The van der Waals surface area contributed by atoms with Crippen molar-refractivity contribution in [3.63, 3.8) is 0 Å². The number of carbonyl (C=O) groups is 1. The number of nitrogens with zero attached hydrogens (tertiary/aromatic N) is 1. The van der Waals surface area contributed by atoms with Crippen molar-refractivity contribution in [2.24, 2.45) is 0 Å². The molecule has 1 rings (SSSR count). The molecule has 1 N–H and O–H groups in total. The molecule has 1 aromatic rings. The van der Waals surface area contributed by atoms with Gasteiger partial charge in [-0.3, -0.25) is 0 Å². The summed E-state index contributed by atoms with van der Waals surface area (Å²) in [6.07, 6.45) is 5.35. The Morgan fingerprint density at radius 3 is 2.79 bits per heavy atom. The van der Waals surface area contributed by atoms with E-state index < -0.39 is 0 Å². The zero-order valence-corrected chi connectivity index (χ0v) is 8.40. The molecule has 0 saturated carbocycles. The van der Waals surface area contributed by atoms with Crippen LogP contribution < -0.4 is 5.32 Å². The van der Waals surface area contributed by atoms with Gasteiger partial charge in [0, 0.05) is 12.4 Å². The largest absolute Gasteiger partial charge is 0.450 e. The van der Waals surface area contributed by atoms with Crippen molar-refractivity contribution in [1.82, 2.24) is 9.88 Å². The molecule has 14 heavy (non-hydrogen) atoms. The fraction of sp³-hybridized carbons (Fsp3) is 0.500. The molecule has 0 unspecified atom stereocenters. The number of unbranched alkanes of at least 4 members (excludes halogenated alkanes) is 1. The van der Waals surface area contributed by atoms with Gasteiger partial charge in [-0.1, -0.05) is 13.3 Å². The number of hydrogen-bond acceptors (Lipinski definition) is 2. The number of carbonyl (C=O) groups excluding carboxylic acids is 1. The number of rotatable bonds is 5. The van der Waals surface area contributed by atoms with Crippen molar-refractivity contribution >= 4 is 6.09 Å². The molecular weight excluding hydrogens is 180 g/mol. The Morgan fingerprint density at radius 2 is 2.14 bits per heavy atom. The van der Waals surface area contributed by atoms with Crippen molar-refractivity contribution in [2.45, 2.75) is 26.4 Å². The first-order valence-electron chi connectivity index (χ1n) is 4.84. The summed E-state index contributed by atoms with van der Waals surface area (Å²) in [6, 6.07) is 3.81. The smallest absolute Gasteiger partial charge is 0.408 e. The van der Waals surface area contributed by atoms with Gasteiger partial charge in [-0.2, -0.15) is 0 Å². The van der Waals surface area contributed by atoms with Crippen LogP contribution in [-0.2, 0) is 11.4 Å². The second-order valence-corrected chi connectivity index (χ2v) is 3.02. The topological polar surface area (TPSA) is 43.3 Å². The number of hydrogen-bond donors (Lipinski definition) is 1. The predicted molar refractivity (Wildman–Crippen MR) is 53.8 cm³/mol. The monoisotopic (exact) mass is 196 g/mol. The Hall–Kier alpha value is -1.45. The molecule has 0 aliphatic heterocycles. The zero-order valence-electron chi connectivity index (χ0n) is 8.40. The van der Waals surface area contributed by atoms with E-state index >= 15 is 0 Å². The van der Waals surface area contributed by atoms with Crippen LogP contribution in [0.1, 0.15) is 19.8 Å². The Kier molecular flexibility index (Phi) is 4.61. The maximum Gasteiger partial charge on any atom is 0.408 e. The first kappa shape index (κ1) is 10.6. The van der Waals surface area contributed by atoms with Gasteiger partial charge in [0.15, 0.2) is 0 Å². The molecule has 0 saturated heterocycles. The van der Waals surface area contributed by atoms with E-state index in [-0.39, 0.29) is 6.09 Å². The van der Waals surface area contributed by atoms with E-state index in [4.69, 9.17) is 4.74 Å². The highest BCUT2D eigenvalue weighted by Crippen LogP contribution is 1.90. The highest BCUT2D eigenvalue weighted by atomic mass is 16.5. The van der Waals surface area contributed by atoms with Crippen LogP contribution in [0.3, 0.4) is 0 Å². The van der Waals surface area contributed by atoms with Gasteiger partial charge < -0.3 is 14.6 Å². The number of ether oxygens (including phenoxy) is 1. The lowest BCUT2D eigenvalue weighted by Crippen LogP contribution is -2.26. The van der Waals surface area contributed by atoms with Crippen LogP contribution in [0.2, 0.25) is 0 Å². The second kappa shape index (κ2) is 6.07. The van der Waals surface area contributed by atoms with E-state index in [1.165, 1.54) is 0 Å². The summed E-state index contributed by atoms with van der Waals surface area (Å²) in [5, 5.41) is 2.65. The van der Waals surface area contributed by atoms with Gasteiger partial charge in [-0.05, 0) is 18.6 Å². The molecule has 0 spiro atoms. The normalized spacial score (nSPS) is 9.79. The Bertz CT molecular complexity index is 257. The summed E-state index contributed by atoms with van der Waals surface area (Å²) in [6.45, 7) is 3.01. The summed E-state index contributed by atoms with van der Waals surface area (Å²) < 4.78 is 6.78. The number of amides is 1. The third kappa shape index (κ3) is 3.98. The average Bonchev–Trinajstić information content (AvgIpc) is 2.68. The number of aromatic nitrogens is 1. The van der Waals surface area contributed by atoms with Crippen molar-refractivity contribution in [2.75, 3.05) is 6.61 Å². The van der Waals surface area contributed by atoms with Crippen LogP contribution in [0.25, 0.3) is 0 Å². The quantitative estimate of drug-likeness (QED) is 0.732. The molecule has 1 aromatic heterocycles. The lowest BCUT2D eigenvalue weighted by Gasteiger charge is -2.06. The van der Waals surface area contributed by atoms with Crippen molar-refractivity contribution in [1.29, 1.82) is 0 Å². The van der Waals surface area contributed by atoms with Gasteiger partial charge in [-0.25, -0.2) is 4.79 Å². The minimum atomic E-state index is -0.354. The van der Waals surface area contributed by atoms with E-state index in [9.17, 15) is 4.79 Å². The molecule has 1 amide bonds. The van der Waals surface area contributed by atoms with Crippen LogP contribution >= 0.6 is 0 Å². The van der Waals surface area contributed by atoms with Crippen LogP contribution in [0.15, 0.2) is 24.5 Å². The molecule has 0 fully saturated rings. The summed E-state index contributed by atoms with van der Waals surface area (Å²) in [5.74, 6) is 0. The molecular formula is C10H16N2O2. The molecule has 0 bridgehead atoms. The second-order valence-electron chi connectivity index (χ2n) is 3.02. The Balaban J connectivity index is 2.09. The molecule has 78 valence electrons. The molecule has 4 nitrogen and oxygen atoms in total. The fourth-order valence-electron chi connectivity index (χ4n) is 0.992. The third-order valence-electron chi connectivity index (χ3n) is 1.80. The minimum Gasteiger partial charge on any atom is -0.450 e. The molecule has 0 atom stereocenters. The Morgan fingerprint density at radius 1 is 1.43 bits per heavy atom. The average molecular weight is 196 g/mol. The van der Waals surface area contributed by atoms with Crippen LogP contribution in [-0.4, -0.2) is 17.3 Å². The molecule has 1 heterocycles. The van der Waals surface area contributed by atoms with Crippen molar-refractivity contribution < 1.29 is 9.53 Å². The first-order valence-corrected chi connectivity index (χ1v) is 4.84. The molecule has 0 aliphatic rings. The highest BCUT2D eigenvalue weighted by Gasteiger charge is 1.99. The summed E-state index contributed by atoms with van der Waals surface area (Å²) in [4.78, 5) is 11.1. The van der Waals surface area contributed by atoms with E-state index in [1.54, 1.807) is 0 Å². The van der Waals surface area contributed by atoms with Gasteiger partial charge in [0.2, 0.25) is 0 Å². The number of alkyl carbamates (subject to hydrolysis) is 1. The molecule has 4 heteroatoms. The van der Waals surface area contributed by atoms with E-state index in [2.05, 4.69) is 12.2 Å². The van der Waals surface area contributed by atoms with Crippen molar-refractivity contribution in [3.05, 3.63) is 24.5 Å². The Labute approximate surface area is 83.9 Å². The van der Waals surface area contributed by atoms with E-state index in [0.717, 1.165) is 12.8 Å². The molecule has 0 aromatic carbocycles. The lowest BCUT2D eigenvalue weighted by atomic mass is 10.4. The first-order chi connectivity index (χ1) is 6.83. The summed E-state index contributed by atoms with van der Waals surface area (Å²) >= 11 is 0. The lowest BCUT2D eigenvalue weighted by molar-refractivity contribution is 0.142. The zero-order chi connectivity index (χ0) is 10.2. The van der Waals surface area contributed by atoms with Gasteiger partial charge in [0.1, 0.15) is 0 Å². The van der Waals surface area contributed by atoms with Crippen molar-refractivity contribution in [3.8, 4) is 0 Å². The fourth-order valence-corrected chi connectivity index (χ4v) is 0.992. The predicted octanol–water partition coefficient (Wildman–Crippen LogP) is 1.97. The van der Waals surface area contributed by atoms with Gasteiger partial charge in [0.05, 0.1) is 13.3 Å². The standard InChI is InChI=1S/C10H16N2O2/c1-2-3-8-14-10(13)11-9-12-6-4-5-7-12/h4-7H,2-3,8-9H2,1H3,(H,11,13). The third-order valence-corrected chi connectivity index (χ3v) is 1.80. The highest BCUT2D eigenvalue weighted by molar-refractivity contribution is 5.66. The van der Waals surface area contributed by atoms with Gasteiger partial charge in [-0.15, -0.1) is 0 Å². The summed E-state index contributed by atoms with van der Waals surface area (Å²) in [5.41, 5.74) is 0. The van der Waals surface area contributed by atoms with E-state index in [1.807, 2.05) is 29.1 Å². The van der Waals surface area contributed by atoms with Crippen LogP contribution in [0, 0.1) is 0 Å². The van der Waals surface area contributed by atoms with E-state index in [0.29, 0.717) is 13.3 Å². The summed E-state index contributed by atoms with van der Waals surface area (Å²) in [7, 11) is 0. The number of nitrogens with one attached hydrogen (secondary N) is 1. The van der Waals surface area contributed by atoms with Gasteiger partial charge in [0.25, 0.3) is 0 Å². The maximum atomic E-state index is 11.1. The minimum absolute atomic E-state index is 0.354.